The quantitative estimate of drug-likeness (QED) is 0.493. The first-order valence-corrected chi connectivity index (χ1v) is 10.1. The summed E-state index contributed by atoms with van der Waals surface area (Å²) in [7, 11) is 1.59. The van der Waals surface area contributed by atoms with Gasteiger partial charge in [-0.15, -0.1) is 0 Å². The lowest BCUT2D eigenvalue weighted by atomic mass is 9.88. The van der Waals surface area contributed by atoms with Crippen LogP contribution in [0.5, 0.6) is 5.75 Å². The fourth-order valence-corrected chi connectivity index (χ4v) is 3.24. The van der Waals surface area contributed by atoms with Gasteiger partial charge in [-0.3, -0.25) is 0 Å². The molecule has 1 heterocycles. The van der Waals surface area contributed by atoms with Gasteiger partial charge in [-0.1, -0.05) is 36.4 Å². The summed E-state index contributed by atoms with van der Waals surface area (Å²) in [6.07, 6.45) is 3.52. The summed E-state index contributed by atoms with van der Waals surface area (Å²) >= 11 is 0. The molecule has 1 atom stereocenters. The van der Waals surface area contributed by atoms with Gasteiger partial charge in [-0.2, -0.15) is 0 Å². The van der Waals surface area contributed by atoms with Crippen LogP contribution in [-0.4, -0.2) is 36.1 Å². The number of aliphatic imine (C=N–C) groups is 1. The Morgan fingerprint density at radius 2 is 1.77 bits per heavy atom. The van der Waals surface area contributed by atoms with Crippen LogP contribution in [0.15, 0.2) is 71.7 Å². The molecule has 1 aliphatic heterocycles. The van der Waals surface area contributed by atoms with E-state index < -0.39 is 23.1 Å². The van der Waals surface area contributed by atoms with Crippen molar-refractivity contribution in [2.24, 2.45) is 4.99 Å². The zero-order valence-electron chi connectivity index (χ0n) is 18.3. The van der Waals surface area contributed by atoms with Crippen molar-refractivity contribution >= 4 is 17.8 Å². The topological polar surface area (TPSA) is 74.2 Å². The molecule has 3 rings (SSSR count). The number of esters is 2. The Kier molecular flexibility index (Phi) is 6.59. The molecule has 2 aromatic carbocycles. The molecule has 0 saturated carbocycles. The largest absolute Gasteiger partial charge is 0.497 e. The maximum Gasteiger partial charge on any atom is 0.341 e. The number of hydrogen-bond acceptors (Lipinski definition) is 6. The van der Waals surface area contributed by atoms with E-state index in [-0.39, 0.29) is 12.3 Å². The monoisotopic (exact) mass is 421 g/mol. The summed E-state index contributed by atoms with van der Waals surface area (Å²) in [5, 5.41) is 0. The van der Waals surface area contributed by atoms with Crippen LogP contribution < -0.4 is 4.74 Å². The van der Waals surface area contributed by atoms with Gasteiger partial charge in [0.15, 0.2) is 5.54 Å². The highest BCUT2D eigenvalue weighted by molar-refractivity contribution is 6.08. The molecule has 162 valence electrons. The lowest BCUT2D eigenvalue weighted by molar-refractivity contribution is -0.148. The van der Waals surface area contributed by atoms with Gasteiger partial charge < -0.3 is 14.2 Å². The van der Waals surface area contributed by atoms with Crippen molar-refractivity contribution in [3.8, 4) is 5.75 Å². The number of nitrogens with zero attached hydrogens (tertiary/aromatic N) is 1. The molecule has 0 unspecified atom stereocenters. The van der Waals surface area contributed by atoms with Crippen LogP contribution in [0.25, 0.3) is 0 Å². The van der Waals surface area contributed by atoms with Gasteiger partial charge in [0, 0.05) is 24.5 Å². The molecule has 0 bridgehead atoms. The van der Waals surface area contributed by atoms with Gasteiger partial charge in [-0.05, 0) is 50.6 Å². The van der Waals surface area contributed by atoms with E-state index in [4.69, 9.17) is 19.2 Å². The van der Waals surface area contributed by atoms with Crippen LogP contribution in [0.4, 0.5) is 0 Å². The van der Waals surface area contributed by atoms with Crippen LogP contribution in [0.1, 0.15) is 38.3 Å². The van der Waals surface area contributed by atoms with Crippen molar-refractivity contribution in [3.63, 3.8) is 0 Å². The Labute approximate surface area is 182 Å². The number of cyclic esters (lactones) is 1. The van der Waals surface area contributed by atoms with Gasteiger partial charge in [0.2, 0.25) is 5.90 Å². The molecule has 6 nitrogen and oxygen atoms in total. The molecule has 2 aromatic rings. The molecule has 0 spiro atoms. The minimum absolute atomic E-state index is 0.208. The van der Waals surface area contributed by atoms with Crippen molar-refractivity contribution in [2.45, 2.75) is 44.8 Å². The van der Waals surface area contributed by atoms with Gasteiger partial charge in [0.05, 0.1) is 7.11 Å². The van der Waals surface area contributed by atoms with Gasteiger partial charge in [0.25, 0.3) is 0 Å². The second kappa shape index (κ2) is 9.16. The molecule has 31 heavy (non-hydrogen) atoms. The predicted octanol–water partition coefficient (Wildman–Crippen LogP) is 4.27. The smallest absolute Gasteiger partial charge is 0.341 e. The second-order valence-corrected chi connectivity index (χ2v) is 8.37. The summed E-state index contributed by atoms with van der Waals surface area (Å²) in [6, 6.07) is 16.8. The molecule has 0 amide bonds. The Hall–Kier alpha value is -3.41. The Morgan fingerprint density at radius 1 is 1.10 bits per heavy atom. The van der Waals surface area contributed by atoms with Crippen LogP contribution in [0, 0.1) is 0 Å². The molecule has 0 fully saturated rings. The van der Waals surface area contributed by atoms with Crippen molar-refractivity contribution in [2.75, 3.05) is 7.11 Å². The summed E-state index contributed by atoms with van der Waals surface area (Å²) in [4.78, 5) is 29.7. The van der Waals surface area contributed by atoms with Crippen LogP contribution in [0.2, 0.25) is 0 Å². The number of hydrogen-bond donors (Lipinski definition) is 0. The van der Waals surface area contributed by atoms with E-state index in [0.29, 0.717) is 17.7 Å². The number of ether oxygens (including phenoxy) is 3. The second-order valence-electron chi connectivity index (χ2n) is 8.37. The van der Waals surface area contributed by atoms with Gasteiger partial charge in [0.1, 0.15) is 11.4 Å². The van der Waals surface area contributed by atoms with E-state index >= 15 is 0 Å². The summed E-state index contributed by atoms with van der Waals surface area (Å²) < 4.78 is 16.1. The summed E-state index contributed by atoms with van der Waals surface area (Å²) in [5.41, 5.74) is -0.116. The summed E-state index contributed by atoms with van der Waals surface area (Å²) in [5.74, 6) is 0.0443. The molecule has 0 aromatic heterocycles. The van der Waals surface area contributed by atoms with Crippen molar-refractivity contribution in [3.05, 3.63) is 77.9 Å². The number of methoxy groups -OCH3 is 1. The van der Waals surface area contributed by atoms with Gasteiger partial charge >= 0.3 is 11.9 Å². The Morgan fingerprint density at radius 3 is 2.39 bits per heavy atom. The number of carbonyl (C=O) groups is 2. The van der Waals surface area contributed by atoms with E-state index in [1.165, 1.54) is 6.08 Å². The van der Waals surface area contributed by atoms with Crippen LogP contribution in [0.3, 0.4) is 0 Å². The third-order valence-electron chi connectivity index (χ3n) is 4.68. The Balaban J connectivity index is 1.88. The average Bonchev–Trinajstić information content (AvgIpc) is 3.03. The minimum Gasteiger partial charge on any atom is -0.497 e. The fraction of sp³-hybridized carbons (Fsp3) is 0.320. The normalized spacial score (nSPS) is 18.6. The van der Waals surface area contributed by atoms with Crippen LogP contribution in [-0.2, 0) is 25.5 Å². The van der Waals surface area contributed by atoms with Crippen molar-refractivity contribution in [1.29, 1.82) is 0 Å². The Bertz CT molecular complexity index is 987. The van der Waals surface area contributed by atoms with Crippen LogP contribution >= 0.6 is 0 Å². The molecule has 1 aliphatic rings. The van der Waals surface area contributed by atoms with E-state index in [1.807, 2.05) is 30.3 Å². The number of benzene rings is 2. The maximum atomic E-state index is 13.0. The molecular weight excluding hydrogens is 394 g/mol. The maximum absolute atomic E-state index is 13.0. The molecule has 0 aliphatic carbocycles. The van der Waals surface area contributed by atoms with E-state index in [2.05, 4.69) is 0 Å². The lowest BCUT2D eigenvalue weighted by Crippen LogP contribution is -2.36. The molecule has 0 radical (unpaired) electrons. The third-order valence-corrected chi connectivity index (χ3v) is 4.68. The zero-order chi connectivity index (χ0) is 22.5. The molecule has 6 heteroatoms. The summed E-state index contributed by atoms with van der Waals surface area (Å²) in [6.45, 7) is 5.40. The first kappa shape index (κ1) is 22.3. The van der Waals surface area contributed by atoms with Crippen molar-refractivity contribution in [1.82, 2.24) is 0 Å². The van der Waals surface area contributed by atoms with E-state index in [1.54, 1.807) is 58.2 Å². The minimum atomic E-state index is -1.16. The first-order valence-electron chi connectivity index (χ1n) is 10.1. The van der Waals surface area contributed by atoms with E-state index in [0.717, 1.165) is 5.56 Å². The number of rotatable bonds is 7. The SMILES string of the molecule is COc1ccc(C2=N[C@@](C/C=C/C(=O)OC(C)(C)C)(Cc3ccccc3)C(=O)O2)cc1. The zero-order valence-corrected chi connectivity index (χ0v) is 18.3. The fourth-order valence-electron chi connectivity index (χ4n) is 3.24. The highest BCUT2D eigenvalue weighted by Crippen LogP contribution is 2.31. The molecule has 0 N–H and O–H groups in total. The van der Waals surface area contributed by atoms with Gasteiger partial charge in [-0.25, -0.2) is 14.6 Å². The van der Waals surface area contributed by atoms with E-state index in [9.17, 15) is 9.59 Å². The third kappa shape index (κ3) is 5.81. The van der Waals surface area contributed by atoms with Crippen molar-refractivity contribution < 1.29 is 23.8 Å². The highest BCUT2D eigenvalue weighted by atomic mass is 16.6. The standard InChI is InChI=1S/C25H27NO5/c1-24(2,3)31-21(27)11-8-16-25(17-18-9-6-5-7-10-18)23(28)30-22(26-25)19-12-14-20(29-4)15-13-19/h5-15H,16-17H2,1-4H3/b11-8+/t25-/m0/s1. The number of carbonyl (C=O) groups excluding carboxylic acids is 2. The highest BCUT2D eigenvalue weighted by Gasteiger charge is 2.45. The molecular formula is C25H27NO5. The first-order chi connectivity index (χ1) is 14.7. The predicted molar refractivity (Wildman–Crippen MR) is 118 cm³/mol. The lowest BCUT2D eigenvalue weighted by Gasteiger charge is -2.21. The average molecular weight is 421 g/mol. The molecule has 0 saturated heterocycles.